The van der Waals surface area contributed by atoms with Gasteiger partial charge >= 0.3 is 0 Å². The third kappa shape index (κ3) is 6.85. The molecule has 0 spiro atoms. The summed E-state index contributed by atoms with van der Waals surface area (Å²) in [5.74, 6) is -0.756. The number of amides is 2. The summed E-state index contributed by atoms with van der Waals surface area (Å²) in [5.41, 5.74) is 1.25. The maximum Gasteiger partial charge on any atom is 0.244 e. The lowest BCUT2D eigenvalue weighted by atomic mass is 10.1. The number of nitrogens with zero attached hydrogens (tertiary/aromatic N) is 2. The summed E-state index contributed by atoms with van der Waals surface area (Å²) in [5, 5.41) is 4.51. The maximum atomic E-state index is 13.7. The Morgan fingerprint density at radius 3 is 2.25 bits per heavy atom. The van der Waals surface area contributed by atoms with Crippen molar-refractivity contribution in [3.8, 4) is 0 Å². The summed E-state index contributed by atoms with van der Waals surface area (Å²) in [6.07, 6.45) is 1.84. The van der Waals surface area contributed by atoms with Crippen LogP contribution in [0.2, 0.25) is 0 Å². The zero-order valence-electron chi connectivity index (χ0n) is 20.9. The Morgan fingerprint density at radius 2 is 1.61 bits per heavy atom. The van der Waals surface area contributed by atoms with Gasteiger partial charge in [0.05, 0.1) is 11.9 Å². The predicted octanol–water partition coefficient (Wildman–Crippen LogP) is 4.70. The molecule has 0 aromatic heterocycles. The summed E-state index contributed by atoms with van der Waals surface area (Å²) >= 11 is 3.41. The molecule has 0 heterocycles. The second kappa shape index (κ2) is 11.9. The molecule has 0 aliphatic rings. The number of hydrogen-bond acceptors (Lipinski definition) is 4. The number of nitrogens with one attached hydrogen (secondary N) is 1. The van der Waals surface area contributed by atoms with Crippen LogP contribution in [0.15, 0.2) is 71.2 Å². The number of carbonyl (C=O) groups is 2. The summed E-state index contributed by atoms with van der Waals surface area (Å²) in [4.78, 5) is 28.1. The van der Waals surface area contributed by atoms with E-state index in [0.29, 0.717) is 5.69 Å². The van der Waals surface area contributed by atoms with E-state index in [1.54, 1.807) is 19.1 Å². The molecule has 3 aromatic rings. The minimum atomic E-state index is -3.81. The van der Waals surface area contributed by atoms with Gasteiger partial charge in [-0.3, -0.25) is 13.9 Å². The van der Waals surface area contributed by atoms with Crippen molar-refractivity contribution in [2.45, 2.75) is 45.8 Å². The number of carbonyl (C=O) groups excluding carboxylic acids is 2. The van der Waals surface area contributed by atoms with Crippen molar-refractivity contribution in [3.05, 3.63) is 76.8 Å². The average molecular weight is 575 g/mol. The molecule has 0 aliphatic carbocycles. The number of halogens is 1. The van der Waals surface area contributed by atoms with E-state index in [0.717, 1.165) is 37.8 Å². The highest BCUT2D eigenvalue weighted by Gasteiger charge is 2.31. The van der Waals surface area contributed by atoms with Gasteiger partial charge in [0.15, 0.2) is 0 Å². The smallest absolute Gasteiger partial charge is 0.244 e. The molecule has 0 radical (unpaired) electrons. The number of fused-ring (bicyclic) bond motifs is 1. The van der Waals surface area contributed by atoms with Crippen LogP contribution in [0.1, 0.15) is 32.8 Å². The molecule has 2 atom stereocenters. The molecule has 1 N–H and O–H groups in total. The fraction of sp³-hybridized carbons (Fsp3) is 0.333. The molecule has 0 aliphatic heterocycles. The van der Waals surface area contributed by atoms with Crippen molar-refractivity contribution in [1.82, 2.24) is 10.2 Å². The van der Waals surface area contributed by atoms with E-state index in [1.165, 1.54) is 4.90 Å². The number of rotatable bonds is 10. The summed E-state index contributed by atoms with van der Waals surface area (Å²) in [6.45, 7) is 5.27. The van der Waals surface area contributed by atoms with Crippen molar-refractivity contribution in [1.29, 1.82) is 0 Å². The molecule has 7 nitrogen and oxygen atoms in total. The molecular formula is C27H32BrN3O4S. The lowest BCUT2D eigenvalue weighted by Crippen LogP contribution is -2.52. The van der Waals surface area contributed by atoms with Crippen molar-refractivity contribution in [2.24, 2.45) is 0 Å². The zero-order chi connectivity index (χ0) is 26.5. The first kappa shape index (κ1) is 27.7. The molecule has 0 saturated heterocycles. The average Bonchev–Trinajstić information content (AvgIpc) is 2.85. The highest BCUT2D eigenvalue weighted by atomic mass is 79.9. The highest BCUT2D eigenvalue weighted by Crippen LogP contribution is 2.28. The van der Waals surface area contributed by atoms with E-state index < -0.39 is 28.5 Å². The van der Waals surface area contributed by atoms with Crippen LogP contribution in [-0.4, -0.2) is 50.0 Å². The van der Waals surface area contributed by atoms with Gasteiger partial charge in [-0.05, 0) is 49.4 Å². The first-order valence-electron chi connectivity index (χ1n) is 11.8. The molecule has 3 rings (SSSR count). The van der Waals surface area contributed by atoms with Crippen LogP contribution in [-0.2, 0) is 26.2 Å². The predicted molar refractivity (Wildman–Crippen MR) is 148 cm³/mol. The van der Waals surface area contributed by atoms with E-state index in [2.05, 4.69) is 21.2 Å². The zero-order valence-corrected chi connectivity index (χ0v) is 23.3. The van der Waals surface area contributed by atoms with Crippen molar-refractivity contribution < 1.29 is 18.0 Å². The van der Waals surface area contributed by atoms with E-state index in [9.17, 15) is 18.0 Å². The Balaban J connectivity index is 1.98. The van der Waals surface area contributed by atoms with Gasteiger partial charge < -0.3 is 10.2 Å². The van der Waals surface area contributed by atoms with E-state index in [4.69, 9.17) is 0 Å². The van der Waals surface area contributed by atoms with Crippen LogP contribution in [0.4, 0.5) is 5.69 Å². The van der Waals surface area contributed by atoms with E-state index in [1.807, 2.05) is 68.4 Å². The fourth-order valence-electron chi connectivity index (χ4n) is 3.86. The quantitative estimate of drug-likeness (QED) is 0.381. The molecule has 3 aromatic carbocycles. The number of benzene rings is 3. The third-order valence-electron chi connectivity index (χ3n) is 6.15. The summed E-state index contributed by atoms with van der Waals surface area (Å²) < 4.78 is 27.8. The topological polar surface area (TPSA) is 86.8 Å². The van der Waals surface area contributed by atoms with Gasteiger partial charge in [-0.1, -0.05) is 71.4 Å². The third-order valence-corrected chi connectivity index (χ3v) is 7.80. The van der Waals surface area contributed by atoms with Gasteiger partial charge in [0.2, 0.25) is 21.8 Å². The molecule has 0 saturated carbocycles. The van der Waals surface area contributed by atoms with E-state index >= 15 is 0 Å². The number of hydrogen-bond donors (Lipinski definition) is 1. The first-order chi connectivity index (χ1) is 17.0. The molecular weight excluding hydrogens is 542 g/mol. The summed E-state index contributed by atoms with van der Waals surface area (Å²) in [6, 6.07) is 19.4. The molecule has 2 unspecified atom stereocenters. The van der Waals surface area contributed by atoms with Crippen molar-refractivity contribution in [3.63, 3.8) is 0 Å². The van der Waals surface area contributed by atoms with Crippen molar-refractivity contribution in [2.75, 3.05) is 17.1 Å². The van der Waals surface area contributed by atoms with E-state index in [-0.39, 0.29) is 18.5 Å². The second-order valence-corrected chi connectivity index (χ2v) is 11.7. The normalized spacial score (nSPS) is 13.1. The fourth-order valence-corrected chi connectivity index (χ4v) is 4.98. The maximum absolute atomic E-state index is 13.7. The highest BCUT2D eigenvalue weighted by molar-refractivity contribution is 9.10. The van der Waals surface area contributed by atoms with Gasteiger partial charge in [0.25, 0.3) is 0 Å². The van der Waals surface area contributed by atoms with Crippen LogP contribution in [0.3, 0.4) is 0 Å². The Labute approximate surface area is 221 Å². The van der Waals surface area contributed by atoms with Crippen LogP contribution in [0, 0.1) is 0 Å². The standard InChI is InChI=1S/C27H32BrN3O4S/c1-5-19(2)29-27(33)20(3)30(17-21-13-15-23(28)16-14-21)26(32)18-31(36(4,34)35)25-12-8-10-22-9-6-7-11-24(22)25/h6-16,19-20H,5,17-18H2,1-4H3,(H,29,33). The Kier molecular flexibility index (Phi) is 9.13. The Hall–Kier alpha value is -2.91. The lowest BCUT2D eigenvalue weighted by molar-refractivity contribution is -0.139. The van der Waals surface area contributed by atoms with Crippen LogP contribution in [0.25, 0.3) is 10.8 Å². The first-order valence-corrected chi connectivity index (χ1v) is 14.4. The minimum absolute atomic E-state index is 0.0483. The van der Waals surface area contributed by atoms with Crippen LogP contribution in [0.5, 0.6) is 0 Å². The van der Waals surface area contributed by atoms with Crippen LogP contribution < -0.4 is 9.62 Å². The number of anilines is 1. The van der Waals surface area contributed by atoms with Crippen LogP contribution >= 0.6 is 15.9 Å². The van der Waals surface area contributed by atoms with Gasteiger partial charge in [-0.15, -0.1) is 0 Å². The Bertz CT molecular complexity index is 1320. The molecule has 2 amide bonds. The number of sulfonamides is 1. The lowest BCUT2D eigenvalue weighted by Gasteiger charge is -2.32. The van der Waals surface area contributed by atoms with Gasteiger partial charge in [-0.25, -0.2) is 8.42 Å². The molecule has 9 heteroatoms. The van der Waals surface area contributed by atoms with Gasteiger partial charge in [-0.2, -0.15) is 0 Å². The van der Waals surface area contributed by atoms with Gasteiger partial charge in [0, 0.05) is 22.4 Å². The largest absolute Gasteiger partial charge is 0.352 e. The molecule has 36 heavy (non-hydrogen) atoms. The van der Waals surface area contributed by atoms with Gasteiger partial charge in [0.1, 0.15) is 12.6 Å². The molecule has 192 valence electrons. The summed E-state index contributed by atoms with van der Waals surface area (Å²) in [7, 11) is -3.81. The van der Waals surface area contributed by atoms with Crippen molar-refractivity contribution >= 4 is 54.2 Å². The Morgan fingerprint density at radius 1 is 0.972 bits per heavy atom. The molecule has 0 fully saturated rings. The SMILES string of the molecule is CCC(C)NC(=O)C(C)N(Cc1ccc(Br)cc1)C(=O)CN(c1cccc2ccccc12)S(C)(=O)=O. The minimum Gasteiger partial charge on any atom is -0.352 e. The second-order valence-electron chi connectivity index (χ2n) is 8.91. The molecule has 0 bridgehead atoms. The monoisotopic (exact) mass is 573 g/mol.